The van der Waals surface area contributed by atoms with Gasteiger partial charge < -0.3 is 10.1 Å². The van der Waals surface area contributed by atoms with E-state index in [9.17, 15) is 9.59 Å². The number of thiazole rings is 1. The third-order valence-corrected chi connectivity index (χ3v) is 4.51. The van der Waals surface area contributed by atoms with E-state index in [4.69, 9.17) is 4.74 Å². The number of benzene rings is 2. The Kier molecular flexibility index (Phi) is 5.83. The number of hydrogen-bond acceptors (Lipinski definition) is 5. The minimum absolute atomic E-state index is 0.134. The van der Waals surface area contributed by atoms with Crippen LogP contribution in [0, 0.1) is 0 Å². The third kappa shape index (κ3) is 4.92. The second-order valence-electron chi connectivity index (χ2n) is 5.68. The Balaban J connectivity index is 1.71. The Hall–Kier alpha value is -3.19. The van der Waals surface area contributed by atoms with Crippen molar-refractivity contribution in [1.29, 1.82) is 0 Å². The lowest BCUT2D eigenvalue weighted by Crippen LogP contribution is -2.07. The molecular weight excluding hydrogens is 362 g/mol. The third-order valence-electron chi connectivity index (χ3n) is 3.57. The summed E-state index contributed by atoms with van der Waals surface area (Å²) in [7, 11) is 0. The molecule has 0 bridgehead atoms. The second-order valence-corrected chi connectivity index (χ2v) is 6.71. The summed E-state index contributed by atoms with van der Waals surface area (Å²) < 4.78 is 6.42. The molecule has 0 aliphatic heterocycles. The van der Waals surface area contributed by atoms with Gasteiger partial charge in [-0.3, -0.25) is 14.9 Å². The van der Waals surface area contributed by atoms with E-state index in [2.05, 4.69) is 15.6 Å². The fraction of sp³-hybridized carbons (Fsp3) is 0.150. The van der Waals surface area contributed by atoms with E-state index in [0.717, 1.165) is 21.5 Å². The maximum absolute atomic E-state index is 12.2. The minimum Gasteiger partial charge on any atom is -0.493 e. The van der Waals surface area contributed by atoms with Crippen LogP contribution in [0.2, 0.25) is 0 Å². The first-order valence-corrected chi connectivity index (χ1v) is 9.26. The summed E-state index contributed by atoms with van der Waals surface area (Å²) in [4.78, 5) is 27.8. The molecule has 0 saturated carbocycles. The molecule has 27 heavy (non-hydrogen) atoms. The van der Waals surface area contributed by atoms with Crippen molar-refractivity contribution >= 4 is 50.3 Å². The van der Waals surface area contributed by atoms with Gasteiger partial charge in [0.15, 0.2) is 5.13 Å². The fourth-order valence-corrected chi connectivity index (χ4v) is 3.38. The number of fused-ring (bicyclic) bond motifs is 1. The predicted octanol–water partition coefficient (Wildman–Crippen LogP) is 4.31. The van der Waals surface area contributed by atoms with Gasteiger partial charge in [0.1, 0.15) is 5.75 Å². The number of ether oxygens (including phenoxy) is 1. The summed E-state index contributed by atoms with van der Waals surface area (Å²) in [5.74, 6) is 0.321. The Morgan fingerprint density at radius 1 is 1.19 bits per heavy atom. The van der Waals surface area contributed by atoms with Crippen molar-refractivity contribution in [2.75, 3.05) is 17.2 Å². The average Bonchev–Trinajstić information content (AvgIpc) is 3.02. The van der Waals surface area contributed by atoms with Crippen LogP contribution < -0.4 is 15.4 Å². The van der Waals surface area contributed by atoms with Crippen LogP contribution in [0.25, 0.3) is 16.3 Å². The summed E-state index contributed by atoms with van der Waals surface area (Å²) in [6.07, 6.45) is 3.16. The van der Waals surface area contributed by atoms with Crippen LogP contribution in [0.3, 0.4) is 0 Å². The van der Waals surface area contributed by atoms with Gasteiger partial charge >= 0.3 is 0 Å². The molecule has 1 aromatic heterocycles. The summed E-state index contributed by atoms with van der Waals surface area (Å²) in [6.45, 7) is 3.93. The van der Waals surface area contributed by atoms with Crippen LogP contribution in [0.15, 0.2) is 48.5 Å². The van der Waals surface area contributed by atoms with Crippen molar-refractivity contribution in [3.63, 3.8) is 0 Å². The van der Waals surface area contributed by atoms with Crippen molar-refractivity contribution in [2.45, 2.75) is 13.8 Å². The number of amides is 2. The number of nitrogens with one attached hydrogen (secondary N) is 2. The molecule has 1 heterocycles. The summed E-state index contributed by atoms with van der Waals surface area (Å²) in [6, 6.07) is 12.9. The summed E-state index contributed by atoms with van der Waals surface area (Å²) in [5.41, 5.74) is 2.29. The lowest BCUT2D eigenvalue weighted by molar-refractivity contribution is -0.114. The molecule has 2 N–H and O–H groups in total. The van der Waals surface area contributed by atoms with E-state index in [-0.39, 0.29) is 11.8 Å². The van der Waals surface area contributed by atoms with Gasteiger partial charge in [-0.1, -0.05) is 29.5 Å². The zero-order chi connectivity index (χ0) is 19.2. The van der Waals surface area contributed by atoms with E-state index in [1.54, 1.807) is 18.2 Å². The minimum atomic E-state index is -0.276. The van der Waals surface area contributed by atoms with Gasteiger partial charge in [0.05, 0.1) is 16.8 Å². The molecule has 7 heteroatoms. The van der Waals surface area contributed by atoms with E-state index >= 15 is 0 Å². The SMILES string of the molecule is CCOc1ccccc1/C=C/C(=O)Nc1nc2ccc(NC(C)=O)cc2s1. The van der Waals surface area contributed by atoms with Crippen molar-refractivity contribution in [3.8, 4) is 5.75 Å². The molecule has 3 aromatic rings. The average molecular weight is 381 g/mol. The van der Waals surface area contributed by atoms with Crippen LogP contribution >= 0.6 is 11.3 Å². The molecular formula is C20H19N3O3S. The molecule has 3 rings (SSSR count). The molecule has 0 saturated heterocycles. The number of anilines is 2. The van der Waals surface area contributed by atoms with Crippen LogP contribution in [-0.2, 0) is 9.59 Å². The second kappa shape index (κ2) is 8.46. The largest absolute Gasteiger partial charge is 0.493 e. The highest BCUT2D eigenvalue weighted by atomic mass is 32.1. The number of carbonyl (C=O) groups is 2. The van der Waals surface area contributed by atoms with Crippen LogP contribution in [0.4, 0.5) is 10.8 Å². The zero-order valence-corrected chi connectivity index (χ0v) is 15.8. The molecule has 0 aliphatic carbocycles. The summed E-state index contributed by atoms with van der Waals surface area (Å²) >= 11 is 1.35. The molecule has 0 fully saturated rings. The Morgan fingerprint density at radius 2 is 2.00 bits per heavy atom. The Morgan fingerprint density at radius 3 is 2.78 bits per heavy atom. The molecule has 2 aromatic carbocycles. The lowest BCUT2D eigenvalue weighted by atomic mass is 10.2. The first-order valence-electron chi connectivity index (χ1n) is 8.44. The Labute approximate surface area is 160 Å². The lowest BCUT2D eigenvalue weighted by Gasteiger charge is -2.06. The van der Waals surface area contributed by atoms with Gasteiger partial charge in [-0.15, -0.1) is 0 Å². The van der Waals surface area contributed by atoms with Crippen molar-refractivity contribution < 1.29 is 14.3 Å². The number of hydrogen-bond donors (Lipinski definition) is 2. The fourth-order valence-electron chi connectivity index (χ4n) is 2.48. The predicted molar refractivity (Wildman–Crippen MR) is 109 cm³/mol. The molecule has 0 unspecified atom stereocenters. The number of nitrogens with zero attached hydrogens (tertiary/aromatic N) is 1. The van der Waals surface area contributed by atoms with Crippen LogP contribution in [-0.4, -0.2) is 23.4 Å². The van der Waals surface area contributed by atoms with E-state index in [1.165, 1.54) is 24.3 Å². The highest BCUT2D eigenvalue weighted by Crippen LogP contribution is 2.28. The van der Waals surface area contributed by atoms with Gasteiger partial charge in [-0.25, -0.2) is 4.98 Å². The Bertz CT molecular complexity index is 1010. The maximum atomic E-state index is 12.2. The van der Waals surface area contributed by atoms with E-state index in [1.807, 2.05) is 37.3 Å². The van der Waals surface area contributed by atoms with Gasteiger partial charge in [0.25, 0.3) is 0 Å². The molecule has 2 amide bonds. The molecule has 0 aliphatic rings. The first-order chi connectivity index (χ1) is 13.0. The molecule has 0 spiro atoms. The van der Waals surface area contributed by atoms with Gasteiger partial charge in [0, 0.05) is 24.3 Å². The van der Waals surface area contributed by atoms with Crippen molar-refractivity contribution in [2.24, 2.45) is 0 Å². The summed E-state index contributed by atoms with van der Waals surface area (Å²) in [5, 5.41) is 6.00. The molecule has 138 valence electrons. The van der Waals surface area contributed by atoms with Crippen LogP contribution in [0.1, 0.15) is 19.4 Å². The molecule has 0 atom stereocenters. The van der Waals surface area contributed by atoms with E-state index in [0.29, 0.717) is 17.4 Å². The standard InChI is InChI=1S/C20H19N3O3S/c1-3-26-17-7-5-4-6-14(17)8-11-19(25)23-20-22-16-10-9-15(21-13(2)24)12-18(16)27-20/h4-12H,3H2,1-2H3,(H,21,24)(H,22,23,25)/b11-8+. The van der Waals surface area contributed by atoms with E-state index < -0.39 is 0 Å². The first kappa shape index (κ1) is 18.6. The number of aromatic nitrogens is 1. The topological polar surface area (TPSA) is 80.3 Å². The highest BCUT2D eigenvalue weighted by molar-refractivity contribution is 7.22. The number of carbonyl (C=O) groups excluding carboxylic acids is 2. The highest BCUT2D eigenvalue weighted by Gasteiger charge is 2.08. The maximum Gasteiger partial charge on any atom is 0.250 e. The van der Waals surface area contributed by atoms with Gasteiger partial charge in [-0.2, -0.15) is 0 Å². The van der Waals surface area contributed by atoms with Crippen molar-refractivity contribution in [3.05, 3.63) is 54.1 Å². The number of para-hydroxylation sites is 1. The van der Waals surface area contributed by atoms with Gasteiger partial charge in [-0.05, 0) is 37.3 Å². The zero-order valence-electron chi connectivity index (χ0n) is 15.0. The smallest absolute Gasteiger partial charge is 0.250 e. The monoisotopic (exact) mass is 381 g/mol. The quantitative estimate of drug-likeness (QED) is 0.624. The molecule has 6 nitrogen and oxygen atoms in total. The number of rotatable bonds is 6. The van der Waals surface area contributed by atoms with Crippen LogP contribution in [0.5, 0.6) is 5.75 Å². The van der Waals surface area contributed by atoms with Crippen molar-refractivity contribution in [1.82, 2.24) is 4.98 Å². The van der Waals surface area contributed by atoms with Gasteiger partial charge in [0.2, 0.25) is 11.8 Å². The molecule has 0 radical (unpaired) electrons. The normalized spacial score (nSPS) is 10.9.